The van der Waals surface area contributed by atoms with E-state index in [1.165, 1.54) is 23.5 Å². The number of halogens is 1. The van der Waals surface area contributed by atoms with E-state index in [9.17, 15) is 9.18 Å². The van der Waals surface area contributed by atoms with Crippen molar-refractivity contribution in [3.8, 4) is 0 Å². The van der Waals surface area contributed by atoms with Crippen LogP contribution in [0.5, 0.6) is 0 Å². The van der Waals surface area contributed by atoms with Crippen LogP contribution >= 0.6 is 11.3 Å². The van der Waals surface area contributed by atoms with Crippen molar-refractivity contribution in [1.29, 1.82) is 0 Å². The number of rotatable bonds is 2. The molecule has 0 N–H and O–H groups in total. The summed E-state index contributed by atoms with van der Waals surface area (Å²) in [6, 6.07) is 9.26. The largest absolute Gasteiger partial charge is 0.363 e. The van der Waals surface area contributed by atoms with Crippen LogP contribution in [0.2, 0.25) is 0 Å². The number of piperidine rings is 1. The number of carbonyl (C=O) groups is 1. The molecule has 3 heterocycles. The van der Waals surface area contributed by atoms with E-state index in [0.29, 0.717) is 12.0 Å². The van der Waals surface area contributed by atoms with E-state index in [2.05, 4.69) is 18.7 Å². The summed E-state index contributed by atoms with van der Waals surface area (Å²) in [6.07, 6.45) is 2.00. The Kier molecular flexibility index (Phi) is 4.30. The van der Waals surface area contributed by atoms with Gasteiger partial charge in [-0.15, -0.1) is 11.3 Å². The van der Waals surface area contributed by atoms with Crippen molar-refractivity contribution in [3.63, 3.8) is 0 Å². The molecule has 1 aromatic carbocycles. The first-order chi connectivity index (χ1) is 12.4. The summed E-state index contributed by atoms with van der Waals surface area (Å²) in [5, 5.41) is 1.99. The molecule has 0 saturated carbocycles. The normalized spacial score (nSPS) is 24.6. The van der Waals surface area contributed by atoms with Gasteiger partial charge in [-0.25, -0.2) is 4.39 Å². The van der Waals surface area contributed by atoms with Crippen molar-refractivity contribution in [2.75, 3.05) is 18.0 Å². The zero-order valence-electron chi connectivity index (χ0n) is 15.5. The molecule has 0 radical (unpaired) electrons. The molecule has 5 heteroatoms. The van der Waals surface area contributed by atoms with Crippen molar-refractivity contribution < 1.29 is 9.18 Å². The molecule has 0 spiro atoms. The molecule has 4 rings (SSSR count). The SMILES string of the molecule is Cc1ccsc1C(=O)N1CC[C@H]2[C@@H](C1)CC(C)(C)N2c1ccc(F)cc1. The summed E-state index contributed by atoms with van der Waals surface area (Å²) in [6.45, 7) is 8.10. The van der Waals surface area contributed by atoms with Gasteiger partial charge in [-0.3, -0.25) is 4.79 Å². The molecule has 0 unspecified atom stereocenters. The summed E-state index contributed by atoms with van der Waals surface area (Å²) >= 11 is 1.54. The predicted molar refractivity (Wildman–Crippen MR) is 104 cm³/mol. The van der Waals surface area contributed by atoms with Crippen LogP contribution in [0.25, 0.3) is 0 Å². The third kappa shape index (κ3) is 2.92. The van der Waals surface area contributed by atoms with Crippen LogP contribution in [0, 0.1) is 18.7 Å². The fourth-order valence-electron chi connectivity index (χ4n) is 4.81. The number of benzene rings is 1. The van der Waals surface area contributed by atoms with E-state index in [-0.39, 0.29) is 17.3 Å². The first kappa shape index (κ1) is 17.5. The second-order valence-corrected chi connectivity index (χ2v) is 9.08. The van der Waals surface area contributed by atoms with Crippen LogP contribution in [0.15, 0.2) is 35.7 Å². The highest BCUT2D eigenvalue weighted by atomic mass is 32.1. The Labute approximate surface area is 158 Å². The monoisotopic (exact) mass is 372 g/mol. The summed E-state index contributed by atoms with van der Waals surface area (Å²) in [4.78, 5) is 18.3. The Bertz CT molecular complexity index is 814. The zero-order chi connectivity index (χ0) is 18.5. The molecule has 26 heavy (non-hydrogen) atoms. The number of likely N-dealkylation sites (tertiary alicyclic amines) is 1. The van der Waals surface area contributed by atoms with Crippen molar-refractivity contribution in [3.05, 3.63) is 52.0 Å². The lowest BCUT2D eigenvalue weighted by Crippen LogP contribution is -2.50. The Morgan fingerprint density at radius 3 is 2.62 bits per heavy atom. The minimum absolute atomic E-state index is 0.00503. The maximum atomic E-state index is 13.3. The van der Waals surface area contributed by atoms with Gasteiger partial charge in [-0.2, -0.15) is 0 Å². The van der Waals surface area contributed by atoms with Crippen molar-refractivity contribution in [2.24, 2.45) is 5.92 Å². The number of carbonyl (C=O) groups excluding carboxylic acids is 1. The first-order valence-corrected chi connectivity index (χ1v) is 10.1. The van der Waals surface area contributed by atoms with Gasteiger partial charge < -0.3 is 9.80 Å². The third-order valence-electron chi connectivity index (χ3n) is 5.89. The van der Waals surface area contributed by atoms with Gasteiger partial charge in [0.05, 0.1) is 4.88 Å². The van der Waals surface area contributed by atoms with Gasteiger partial charge in [0, 0.05) is 30.4 Å². The summed E-state index contributed by atoms with van der Waals surface area (Å²) in [5.74, 6) is 0.427. The average Bonchev–Trinajstić information content (AvgIpc) is 3.13. The molecule has 0 aliphatic carbocycles. The predicted octanol–water partition coefficient (Wildman–Crippen LogP) is 4.72. The molecule has 138 valence electrons. The second kappa shape index (κ2) is 6.38. The van der Waals surface area contributed by atoms with Crippen LogP contribution in [0.4, 0.5) is 10.1 Å². The number of hydrogen-bond acceptors (Lipinski definition) is 3. The van der Waals surface area contributed by atoms with Gasteiger partial charge in [-0.05, 0) is 80.8 Å². The molecule has 2 aliphatic heterocycles. The van der Waals surface area contributed by atoms with E-state index < -0.39 is 0 Å². The maximum Gasteiger partial charge on any atom is 0.264 e. The van der Waals surface area contributed by atoms with Crippen LogP contribution < -0.4 is 4.90 Å². The first-order valence-electron chi connectivity index (χ1n) is 9.25. The third-order valence-corrected chi connectivity index (χ3v) is 6.89. The Morgan fingerprint density at radius 2 is 1.96 bits per heavy atom. The van der Waals surface area contributed by atoms with Crippen LogP contribution in [0.3, 0.4) is 0 Å². The minimum atomic E-state index is -0.200. The maximum absolute atomic E-state index is 13.3. The molecule has 1 amide bonds. The number of anilines is 1. The van der Waals surface area contributed by atoms with E-state index in [1.54, 1.807) is 0 Å². The lowest BCUT2D eigenvalue weighted by molar-refractivity contribution is 0.0672. The average molecular weight is 373 g/mol. The molecular formula is C21H25FN2OS. The second-order valence-electron chi connectivity index (χ2n) is 8.16. The molecular weight excluding hydrogens is 347 g/mol. The summed E-state index contributed by atoms with van der Waals surface area (Å²) < 4.78 is 13.3. The van der Waals surface area contributed by atoms with Crippen molar-refractivity contribution in [2.45, 2.75) is 45.2 Å². The van der Waals surface area contributed by atoms with Crippen LogP contribution in [0.1, 0.15) is 41.9 Å². The molecule has 0 bridgehead atoms. The van der Waals surface area contributed by atoms with Crippen molar-refractivity contribution >= 4 is 22.9 Å². The van der Waals surface area contributed by atoms with Gasteiger partial charge >= 0.3 is 0 Å². The highest BCUT2D eigenvalue weighted by Crippen LogP contribution is 2.44. The molecule has 2 fully saturated rings. The molecule has 2 saturated heterocycles. The minimum Gasteiger partial charge on any atom is -0.363 e. The van der Waals surface area contributed by atoms with E-state index in [0.717, 1.165) is 42.1 Å². The van der Waals surface area contributed by atoms with E-state index in [4.69, 9.17) is 0 Å². The summed E-state index contributed by atoms with van der Waals surface area (Å²) in [5.41, 5.74) is 2.16. The lowest BCUT2D eigenvalue weighted by atomic mass is 9.89. The van der Waals surface area contributed by atoms with Gasteiger partial charge in [0.15, 0.2) is 0 Å². The zero-order valence-corrected chi connectivity index (χ0v) is 16.4. The number of nitrogens with zero attached hydrogens (tertiary/aromatic N) is 2. The number of fused-ring (bicyclic) bond motifs is 1. The highest BCUT2D eigenvalue weighted by molar-refractivity contribution is 7.12. The fraction of sp³-hybridized carbons (Fsp3) is 0.476. The van der Waals surface area contributed by atoms with Gasteiger partial charge in [-0.1, -0.05) is 0 Å². The Balaban J connectivity index is 1.55. The Morgan fingerprint density at radius 1 is 1.23 bits per heavy atom. The Hall–Kier alpha value is -1.88. The van der Waals surface area contributed by atoms with Gasteiger partial charge in [0.2, 0.25) is 0 Å². The van der Waals surface area contributed by atoms with Crippen LogP contribution in [-0.4, -0.2) is 35.5 Å². The topological polar surface area (TPSA) is 23.6 Å². The number of amides is 1. The molecule has 2 aliphatic rings. The molecule has 2 atom stereocenters. The molecule has 1 aromatic heterocycles. The van der Waals surface area contributed by atoms with Gasteiger partial charge in [0.25, 0.3) is 5.91 Å². The molecule has 3 nitrogen and oxygen atoms in total. The number of thiophene rings is 1. The van der Waals surface area contributed by atoms with E-state index in [1.807, 2.05) is 35.4 Å². The number of hydrogen-bond donors (Lipinski definition) is 0. The molecule has 2 aromatic rings. The highest BCUT2D eigenvalue weighted by Gasteiger charge is 2.48. The van der Waals surface area contributed by atoms with Gasteiger partial charge in [0.1, 0.15) is 5.82 Å². The standard InChI is InChI=1S/C21H25FN2OS/c1-14-9-11-26-19(14)20(25)23-10-8-18-15(13-23)12-21(2,3)24(18)17-6-4-16(22)5-7-17/h4-7,9,11,15,18H,8,10,12-13H2,1-3H3/t15-,18+/m1/s1. The fourth-order valence-corrected chi connectivity index (χ4v) is 5.70. The lowest BCUT2D eigenvalue weighted by Gasteiger charge is -2.41. The van der Waals surface area contributed by atoms with Crippen LogP contribution in [-0.2, 0) is 0 Å². The number of aryl methyl sites for hydroxylation is 1. The van der Waals surface area contributed by atoms with Crippen molar-refractivity contribution in [1.82, 2.24) is 4.90 Å². The smallest absolute Gasteiger partial charge is 0.264 e. The summed E-state index contributed by atoms with van der Waals surface area (Å²) in [7, 11) is 0. The quantitative estimate of drug-likeness (QED) is 0.762. The van der Waals surface area contributed by atoms with E-state index >= 15 is 0 Å².